The molecule has 0 spiro atoms. The fourth-order valence-corrected chi connectivity index (χ4v) is 3.23. The van der Waals surface area contributed by atoms with Gasteiger partial charge in [0, 0.05) is 24.1 Å². The maximum absolute atomic E-state index is 13.2. The average molecular weight is 378 g/mol. The lowest BCUT2D eigenvalue weighted by atomic mass is 9.92. The molecular formula is C17H19FN4O3S. The highest BCUT2D eigenvalue weighted by Gasteiger charge is 2.35. The van der Waals surface area contributed by atoms with Gasteiger partial charge >= 0.3 is 0 Å². The number of amides is 1. The van der Waals surface area contributed by atoms with Gasteiger partial charge in [-0.05, 0) is 37.1 Å². The third-order valence-electron chi connectivity index (χ3n) is 4.54. The predicted octanol–water partition coefficient (Wildman–Crippen LogP) is 2.06. The minimum Gasteiger partial charge on any atom is -0.353 e. The van der Waals surface area contributed by atoms with Gasteiger partial charge in [0.05, 0.1) is 5.69 Å². The van der Waals surface area contributed by atoms with Gasteiger partial charge in [-0.3, -0.25) is 4.79 Å². The van der Waals surface area contributed by atoms with Crippen molar-refractivity contribution < 1.29 is 17.6 Å². The van der Waals surface area contributed by atoms with Crippen LogP contribution in [-0.2, 0) is 10.0 Å². The first-order valence-corrected chi connectivity index (χ1v) is 9.58. The van der Waals surface area contributed by atoms with Crippen LogP contribution >= 0.6 is 0 Å². The maximum atomic E-state index is 13.2. The molecule has 1 saturated heterocycles. The zero-order valence-corrected chi connectivity index (χ0v) is 15.2. The first-order valence-electron chi connectivity index (χ1n) is 8.04. The Morgan fingerprint density at radius 1 is 1.35 bits per heavy atom. The second-order valence-electron chi connectivity index (χ2n) is 6.29. The molecule has 7 nitrogen and oxygen atoms in total. The molecule has 1 aromatic heterocycles. The van der Waals surface area contributed by atoms with Crippen molar-refractivity contribution in [1.29, 1.82) is 0 Å². The highest BCUT2D eigenvalue weighted by atomic mass is 32.2. The van der Waals surface area contributed by atoms with Crippen LogP contribution < -0.4 is 9.62 Å². The molecule has 9 heteroatoms. The summed E-state index contributed by atoms with van der Waals surface area (Å²) in [6.45, 7) is 8.10. The van der Waals surface area contributed by atoms with Crippen LogP contribution in [-0.4, -0.2) is 36.7 Å². The Morgan fingerprint density at radius 2 is 2.00 bits per heavy atom. The van der Waals surface area contributed by atoms with Gasteiger partial charge in [-0.1, -0.05) is 13.5 Å². The smallest absolute Gasteiger partial charge is 0.285 e. The van der Waals surface area contributed by atoms with Crippen LogP contribution in [0.2, 0.25) is 0 Å². The molecule has 0 saturated carbocycles. The largest absolute Gasteiger partial charge is 0.353 e. The highest BCUT2D eigenvalue weighted by molar-refractivity contribution is 7.92. The Bertz CT molecular complexity index is 953. The van der Waals surface area contributed by atoms with Crippen molar-refractivity contribution in [1.82, 2.24) is 14.5 Å². The number of nitrogens with zero attached hydrogens (tertiary/aromatic N) is 3. The SMILES string of the molecule is C=CS(=O)(=O)NC(=O)c1cc(N2CC(C)C2C)n(-c2ccc(F)cc2)n1. The number of carbonyl (C=O) groups excluding carboxylic acids is 1. The monoisotopic (exact) mass is 378 g/mol. The van der Waals surface area contributed by atoms with Crippen molar-refractivity contribution in [2.24, 2.45) is 5.92 Å². The minimum atomic E-state index is -3.92. The van der Waals surface area contributed by atoms with Gasteiger partial charge in [0.15, 0.2) is 5.69 Å². The van der Waals surface area contributed by atoms with E-state index >= 15 is 0 Å². The molecule has 26 heavy (non-hydrogen) atoms. The Hall–Kier alpha value is -2.68. The fourth-order valence-electron chi connectivity index (χ4n) is 2.78. The number of hydrogen-bond acceptors (Lipinski definition) is 5. The first-order chi connectivity index (χ1) is 12.2. The van der Waals surface area contributed by atoms with Gasteiger partial charge in [0.1, 0.15) is 11.6 Å². The molecule has 1 aromatic carbocycles. The predicted molar refractivity (Wildman–Crippen MR) is 96.1 cm³/mol. The van der Waals surface area contributed by atoms with E-state index in [4.69, 9.17) is 0 Å². The number of aromatic nitrogens is 2. The van der Waals surface area contributed by atoms with Crippen LogP contribution in [0.5, 0.6) is 0 Å². The second-order valence-corrected chi connectivity index (χ2v) is 7.92. The number of anilines is 1. The van der Waals surface area contributed by atoms with Crippen molar-refractivity contribution in [2.45, 2.75) is 19.9 Å². The second kappa shape index (κ2) is 6.56. The molecule has 0 radical (unpaired) electrons. The van der Waals surface area contributed by atoms with Crippen molar-refractivity contribution in [3.05, 3.63) is 53.8 Å². The lowest BCUT2D eigenvalue weighted by molar-refractivity contribution is 0.0976. The summed E-state index contributed by atoms with van der Waals surface area (Å²) in [5.41, 5.74) is 0.514. The Kier molecular flexibility index (Phi) is 4.57. The molecule has 138 valence electrons. The van der Waals surface area contributed by atoms with Gasteiger partial charge in [-0.15, -0.1) is 0 Å². The van der Waals surface area contributed by atoms with Crippen molar-refractivity contribution >= 4 is 21.7 Å². The Labute approximate surface area is 151 Å². The highest BCUT2D eigenvalue weighted by Crippen LogP contribution is 2.32. The minimum absolute atomic E-state index is 0.0542. The molecule has 2 aromatic rings. The number of sulfonamides is 1. The standard InChI is InChI=1S/C17H19FN4O3S/c1-4-26(24,25)20-17(23)15-9-16(21-10-11(2)12(21)3)22(19-15)14-7-5-13(18)6-8-14/h4-9,11-12H,1,10H2,2-3H3,(H,20,23). The van der Waals surface area contributed by atoms with E-state index in [2.05, 4.69) is 30.4 Å². The molecule has 1 aliphatic rings. The lowest BCUT2D eigenvalue weighted by Gasteiger charge is -2.46. The zero-order valence-electron chi connectivity index (χ0n) is 14.4. The van der Waals surface area contributed by atoms with Crippen LogP contribution in [0, 0.1) is 11.7 Å². The summed E-state index contributed by atoms with van der Waals surface area (Å²) >= 11 is 0. The van der Waals surface area contributed by atoms with Gasteiger partial charge in [0.2, 0.25) is 0 Å². The zero-order chi connectivity index (χ0) is 19.1. The Morgan fingerprint density at radius 3 is 2.54 bits per heavy atom. The van der Waals surface area contributed by atoms with Crippen LogP contribution in [0.1, 0.15) is 24.3 Å². The van der Waals surface area contributed by atoms with Crippen LogP contribution in [0.3, 0.4) is 0 Å². The molecule has 3 rings (SSSR count). The third-order valence-corrected chi connectivity index (χ3v) is 5.45. The summed E-state index contributed by atoms with van der Waals surface area (Å²) in [6.07, 6.45) is 0. The van der Waals surface area contributed by atoms with Gasteiger partial charge in [0.25, 0.3) is 15.9 Å². The summed E-state index contributed by atoms with van der Waals surface area (Å²) in [4.78, 5) is 14.3. The van der Waals surface area contributed by atoms with Gasteiger partial charge in [-0.25, -0.2) is 22.2 Å². The maximum Gasteiger partial charge on any atom is 0.285 e. The van der Waals surface area contributed by atoms with E-state index in [0.717, 1.165) is 6.54 Å². The number of halogens is 1. The van der Waals surface area contributed by atoms with Crippen molar-refractivity contribution in [3.63, 3.8) is 0 Å². The molecule has 2 heterocycles. The summed E-state index contributed by atoms with van der Waals surface area (Å²) in [7, 11) is -3.92. The molecule has 0 aliphatic carbocycles. The molecular weight excluding hydrogens is 359 g/mol. The average Bonchev–Trinajstić information content (AvgIpc) is 3.04. The van der Waals surface area contributed by atoms with Crippen LogP contribution in [0.15, 0.2) is 42.3 Å². The van der Waals surface area contributed by atoms with Gasteiger partial charge < -0.3 is 4.90 Å². The van der Waals surface area contributed by atoms with Gasteiger partial charge in [-0.2, -0.15) is 5.10 Å². The van der Waals surface area contributed by atoms with E-state index in [0.29, 0.717) is 22.8 Å². The third kappa shape index (κ3) is 3.34. The first kappa shape index (κ1) is 18.1. The fraction of sp³-hybridized carbons (Fsp3) is 0.294. The van der Waals surface area contributed by atoms with Crippen LogP contribution in [0.25, 0.3) is 5.69 Å². The molecule has 1 N–H and O–H groups in total. The van der Waals surface area contributed by atoms with Crippen molar-refractivity contribution in [3.8, 4) is 5.69 Å². The molecule has 1 amide bonds. The summed E-state index contributed by atoms with van der Waals surface area (Å²) < 4.78 is 39.7. The number of hydrogen-bond donors (Lipinski definition) is 1. The summed E-state index contributed by atoms with van der Waals surface area (Å²) in [5.74, 6) is -0.120. The molecule has 2 atom stereocenters. The molecule has 0 bridgehead atoms. The number of rotatable bonds is 5. The van der Waals surface area contributed by atoms with E-state index in [9.17, 15) is 17.6 Å². The van der Waals surface area contributed by atoms with E-state index in [1.807, 2.05) is 4.72 Å². The normalized spacial score (nSPS) is 19.7. The van der Waals surface area contributed by atoms with E-state index in [1.165, 1.54) is 22.9 Å². The number of benzene rings is 1. The molecule has 1 fully saturated rings. The topological polar surface area (TPSA) is 84.3 Å². The summed E-state index contributed by atoms with van der Waals surface area (Å²) in [6, 6.07) is 7.44. The van der Waals surface area contributed by atoms with E-state index < -0.39 is 15.9 Å². The number of carbonyl (C=O) groups is 1. The van der Waals surface area contributed by atoms with E-state index in [1.54, 1.807) is 12.1 Å². The number of nitrogens with one attached hydrogen (secondary N) is 1. The molecule has 1 aliphatic heterocycles. The summed E-state index contributed by atoms with van der Waals surface area (Å²) in [5, 5.41) is 4.89. The van der Waals surface area contributed by atoms with Crippen LogP contribution in [0.4, 0.5) is 10.2 Å². The Balaban J connectivity index is 2.01. The van der Waals surface area contributed by atoms with E-state index in [-0.39, 0.29) is 17.6 Å². The van der Waals surface area contributed by atoms with Crippen molar-refractivity contribution in [2.75, 3.05) is 11.4 Å². The molecule has 2 unspecified atom stereocenters. The lowest BCUT2D eigenvalue weighted by Crippen LogP contribution is -2.54. The quantitative estimate of drug-likeness (QED) is 0.861.